The highest BCUT2D eigenvalue weighted by molar-refractivity contribution is 5.79. The fourth-order valence-corrected chi connectivity index (χ4v) is 4.52. The fraction of sp³-hybridized carbons (Fsp3) is 0.269. The van der Waals surface area contributed by atoms with Gasteiger partial charge in [-0.3, -0.25) is 0 Å². The van der Waals surface area contributed by atoms with Crippen molar-refractivity contribution in [2.45, 2.75) is 38.6 Å². The van der Waals surface area contributed by atoms with Gasteiger partial charge in [-0.1, -0.05) is 29.9 Å². The molecule has 0 atom stereocenters. The van der Waals surface area contributed by atoms with E-state index in [1.165, 1.54) is 36.8 Å². The molecule has 1 fully saturated rings. The third-order valence-electron chi connectivity index (χ3n) is 6.26. The summed E-state index contributed by atoms with van der Waals surface area (Å²) < 4.78 is 5.81. The molecule has 0 amide bonds. The fourth-order valence-electron chi connectivity index (χ4n) is 4.52. The topological polar surface area (TPSA) is 41.3 Å². The number of hydrogen-bond acceptors (Lipinski definition) is 4. The van der Waals surface area contributed by atoms with Gasteiger partial charge in [-0.25, -0.2) is 4.98 Å². The van der Waals surface area contributed by atoms with Gasteiger partial charge in [0.1, 0.15) is 0 Å². The van der Waals surface area contributed by atoms with Crippen molar-refractivity contribution in [2.24, 2.45) is 0 Å². The largest absolute Gasteiger partial charge is 0.422 e. The molecule has 2 aliphatic rings. The van der Waals surface area contributed by atoms with Crippen molar-refractivity contribution in [1.82, 2.24) is 9.88 Å². The van der Waals surface area contributed by atoms with E-state index in [1.54, 1.807) is 11.8 Å². The molecule has 4 heteroatoms. The number of nitrogens with zero attached hydrogens (tertiary/aromatic N) is 2. The predicted molar refractivity (Wildman–Crippen MR) is 124 cm³/mol. The van der Waals surface area contributed by atoms with E-state index >= 15 is 0 Å². The summed E-state index contributed by atoms with van der Waals surface area (Å²) in [6.45, 7) is 3.31. The Balaban J connectivity index is 1.29. The summed E-state index contributed by atoms with van der Waals surface area (Å²) in [5, 5.41) is 4.40. The monoisotopic (exact) mass is 397 g/mol. The van der Waals surface area contributed by atoms with Crippen molar-refractivity contribution in [3.63, 3.8) is 0 Å². The number of allylic oxidation sites excluding steroid dienone is 4. The Bertz CT molecular complexity index is 1090. The Hall–Kier alpha value is -3.27. The van der Waals surface area contributed by atoms with Crippen LogP contribution in [0.1, 0.15) is 38.2 Å². The van der Waals surface area contributed by atoms with Crippen molar-refractivity contribution >= 4 is 28.2 Å². The Morgan fingerprint density at radius 3 is 2.80 bits per heavy atom. The van der Waals surface area contributed by atoms with E-state index in [9.17, 15) is 0 Å². The van der Waals surface area contributed by atoms with Crippen LogP contribution in [-0.2, 0) is 0 Å². The van der Waals surface area contributed by atoms with E-state index in [4.69, 9.17) is 4.42 Å². The minimum absolute atomic E-state index is 0.658. The second-order valence-electron chi connectivity index (χ2n) is 8.14. The zero-order valence-corrected chi connectivity index (χ0v) is 17.3. The average molecular weight is 398 g/mol. The predicted octanol–water partition coefficient (Wildman–Crippen LogP) is 6.67. The molecule has 0 unspecified atom stereocenters. The SMILES string of the molecule is CC(=C1CCC(N2C=CC=CC2)CC1)c1cccc(Nc2cc3cccnc3o2)c1. The van der Waals surface area contributed by atoms with Gasteiger partial charge in [0.15, 0.2) is 0 Å². The highest BCUT2D eigenvalue weighted by Gasteiger charge is 2.22. The van der Waals surface area contributed by atoms with Gasteiger partial charge in [0.25, 0.3) is 0 Å². The molecular weight excluding hydrogens is 370 g/mol. The molecule has 1 aromatic carbocycles. The molecule has 4 nitrogen and oxygen atoms in total. The molecule has 1 N–H and O–H groups in total. The first-order chi connectivity index (χ1) is 14.8. The average Bonchev–Trinajstić information content (AvgIpc) is 3.22. The van der Waals surface area contributed by atoms with Crippen molar-refractivity contribution in [3.8, 4) is 0 Å². The maximum atomic E-state index is 5.81. The van der Waals surface area contributed by atoms with Crippen LogP contribution in [0.4, 0.5) is 11.6 Å². The summed E-state index contributed by atoms with van der Waals surface area (Å²) in [5.41, 5.74) is 5.98. The maximum Gasteiger partial charge on any atom is 0.228 e. The van der Waals surface area contributed by atoms with Crippen LogP contribution in [0.15, 0.2) is 83.1 Å². The second-order valence-corrected chi connectivity index (χ2v) is 8.14. The van der Waals surface area contributed by atoms with Gasteiger partial charge in [0, 0.05) is 35.9 Å². The number of anilines is 2. The van der Waals surface area contributed by atoms with Gasteiger partial charge >= 0.3 is 0 Å². The molecule has 1 aliphatic heterocycles. The van der Waals surface area contributed by atoms with Gasteiger partial charge < -0.3 is 14.6 Å². The van der Waals surface area contributed by atoms with Gasteiger partial charge in [-0.15, -0.1) is 0 Å². The standard InChI is InChI=1S/C26H27N3O/c1-19(20-10-12-24(13-11-20)29-15-3-2-4-16-29)21-7-5-9-23(17-21)28-25-18-22-8-6-14-27-26(22)30-25/h2-9,14-15,17-18,24,28H,10-13,16H2,1H3. The quantitative estimate of drug-likeness (QED) is 0.533. The highest BCUT2D eigenvalue weighted by Crippen LogP contribution is 2.34. The van der Waals surface area contributed by atoms with Crippen LogP contribution in [0.2, 0.25) is 0 Å². The van der Waals surface area contributed by atoms with E-state index in [0.29, 0.717) is 11.8 Å². The first kappa shape index (κ1) is 18.7. The van der Waals surface area contributed by atoms with E-state index in [0.717, 1.165) is 23.5 Å². The van der Waals surface area contributed by atoms with Crippen LogP contribution in [-0.4, -0.2) is 22.5 Å². The van der Waals surface area contributed by atoms with Crippen LogP contribution >= 0.6 is 0 Å². The Morgan fingerprint density at radius 1 is 1.10 bits per heavy atom. The van der Waals surface area contributed by atoms with Gasteiger partial charge in [0.2, 0.25) is 11.6 Å². The summed E-state index contributed by atoms with van der Waals surface area (Å²) in [4.78, 5) is 6.75. The number of aromatic nitrogens is 1. The molecule has 3 aromatic rings. The number of pyridine rings is 1. The highest BCUT2D eigenvalue weighted by atomic mass is 16.4. The smallest absolute Gasteiger partial charge is 0.228 e. The van der Waals surface area contributed by atoms with Gasteiger partial charge in [0.05, 0.1) is 0 Å². The molecule has 5 rings (SSSR count). The first-order valence-corrected chi connectivity index (χ1v) is 10.8. The molecule has 2 aromatic heterocycles. The lowest BCUT2D eigenvalue weighted by atomic mass is 9.85. The van der Waals surface area contributed by atoms with Gasteiger partial charge in [-0.05, 0) is 80.3 Å². The lowest BCUT2D eigenvalue weighted by molar-refractivity contribution is 0.253. The number of rotatable bonds is 4. The van der Waals surface area contributed by atoms with Crippen LogP contribution in [0, 0.1) is 0 Å². The zero-order chi connectivity index (χ0) is 20.3. The Morgan fingerprint density at radius 2 is 2.00 bits per heavy atom. The molecule has 152 valence electrons. The summed E-state index contributed by atoms with van der Waals surface area (Å²) in [7, 11) is 0. The number of nitrogens with one attached hydrogen (secondary N) is 1. The second kappa shape index (κ2) is 8.23. The molecule has 0 radical (unpaired) electrons. The van der Waals surface area contributed by atoms with E-state index in [1.807, 2.05) is 18.2 Å². The lowest BCUT2D eigenvalue weighted by Crippen LogP contribution is -2.33. The summed E-state index contributed by atoms with van der Waals surface area (Å²) in [6, 6.07) is 15.2. The third kappa shape index (κ3) is 3.90. The van der Waals surface area contributed by atoms with E-state index in [2.05, 4.69) is 70.8 Å². The first-order valence-electron chi connectivity index (χ1n) is 10.8. The van der Waals surface area contributed by atoms with Crippen LogP contribution in [0.3, 0.4) is 0 Å². The van der Waals surface area contributed by atoms with Gasteiger partial charge in [-0.2, -0.15) is 0 Å². The maximum absolute atomic E-state index is 5.81. The molecule has 0 bridgehead atoms. The summed E-state index contributed by atoms with van der Waals surface area (Å²) in [5.74, 6) is 0.718. The van der Waals surface area contributed by atoms with Crippen molar-refractivity contribution in [3.05, 3.63) is 84.2 Å². The molecule has 30 heavy (non-hydrogen) atoms. The zero-order valence-electron chi connectivity index (χ0n) is 17.3. The molecule has 0 spiro atoms. The van der Waals surface area contributed by atoms with E-state index < -0.39 is 0 Å². The summed E-state index contributed by atoms with van der Waals surface area (Å²) in [6.07, 6.45) is 15.3. The van der Waals surface area contributed by atoms with Crippen molar-refractivity contribution < 1.29 is 4.42 Å². The summed E-state index contributed by atoms with van der Waals surface area (Å²) >= 11 is 0. The Kier molecular flexibility index (Phi) is 5.14. The number of benzene rings is 1. The molecule has 1 aliphatic carbocycles. The molecular formula is C26H27N3O. The van der Waals surface area contributed by atoms with Crippen LogP contribution in [0.5, 0.6) is 0 Å². The number of fused-ring (bicyclic) bond motifs is 1. The third-order valence-corrected chi connectivity index (χ3v) is 6.26. The number of furan rings is 1. The van der Waals surface area contributed by atoms with E-state index in [-0.39, 0.29) is 0 Å². The normalized spacial score (nSPS) is 18.8. The van der Waals surface area contributed by atoms with Crippen LogP contribution in [0.25, 0.3) is 16.7 Å². The number of hydrogen-bond donors (Lipinski definition) is 1. The minimum atomic E-state index is 0.658. The molecule has 0 saturated heterocycles. The molecule has 1 saturated carbocycles. The van der Waals surface area contributed by atoms with Crippen molar-refractivity contribution in [1.29, 1.82) is 0 Å². The Labute approximate surface area is 177 Å². The van der Waals surface area contributed by atoms with Crippen molar-refractivity contribution in [2.75, 3.05) is 11.9 Å². The minimum Gasteiger partial charge on any atom is -0.422 e. The lowest BCUT2D eigenvalue weighted by Gasteiger charge is -2.35. The van der Waals surface area contributed by atoms with Crippen LogP contribution < -0.4 is 5.32 Å². The molecule has 3 heterocycles.